The number of rotatable bonds is 18. The Morgan fingerprint density at radius 2 is 0.573 bits per heavy atom. The summed E-state index contributed by atoms with van der Waals surface area (Å²) in [6.45, 7) is 8.84. The van der Waals surface area contributed by atoms with Gasteiger partial charge in [-0.05, 0) is 172 Å². The number of ether oxygens (including phenoxy) is 4. The predicted octanol–water partition coefficient (Wildman–Crippen LogP) is 21.0. The summed E-state index contributed by atoms with van der Waals surface area (Å²) in [5.74, 6) is 3.42. The van der Waals surface area contributed by atoms with E-state index in [1.165, 1.54) is 165 Å². The molecule has 0 saturated heterocycles. The van der Waals surface area contributed by atoms with E-state index in [9.17, 15) is 52.7 Å². The van der Waals surface area contributed by atoms with Gasteiger partial charge in [0.05, 0.1) is 0 Å². The zero-order chi connectivity index (χ0) is 59.8. The molecule has 0 atom stereocenters. The molecule has 4 aliphatic rings. The van der Waals surface area contributed by atoms with Crippen LogP contribution >= 0.6 is 0 Å². The van der Waals surface area contributed by atoms with E-state index in [1.54, 1.807) is 24.3 Å². The minimum Gasteiger partial charge on any atom is -0.388 e. The molecule has 460 valence electrons. The topological polar surface area (TPSA) is 88.5 Å². The lowest BCUT2D eigenvalue weighted by atomic mass is 9.77. The lowest BCUT2D eigenvalue weighted by Crippen LogP contribution is -2.18. The summed E-state index contributed by atoms with van der Waals surface area (Å²) >= 11 is 0. The fourth-order valence-corrected chi connectivity index (χ4v) is 12.1. The Balaban J connectivity index is 0.000000201. The molecule has 8 rings (SSSR count). The molecule has 4 aromatic heterocycles. The third-order valence-corrected chi connectivity index (χ3v) is 16.6. The number of halogens is 12. The maximum atomic E-state index is 12.1. The molecule has 0 unspecified atom stereocenters. The van der Waals surface area contributed by atoms with Crippen LogP contribution in [0, 0.1) is 23.7 Å². The minimum absolute atomic E-state index is 0.385. The van der Waals surface area contributed by atoms with E-state index in [4.69, 9.17) is 0 Å². The lowest BCUT2D eigenvalue weighted by molar-refractivity contribution is -0.277. The second kappa shape index (κ2) is 33.4. The molecule has 4 saturated carbocycles. The van der Waals surface area contributed by atoms with Gasteiger partial charge in [0.2, 0.25) is 23.5 Å². The summed E-state index contributed by atoms with van der Waals surface area (Å²) in [6, 6.07) is 12.1. The average molecular weight is 1180 g/mol. The fourth-order valence-electron chi connectivity index (χ4n) is 12.1. The molecule has 0 aromatic carbocycles. The Hall–Kier alpha value is -5.04. The maximum Gasteiger partial charge on any atom is 0.574 e. The van der Waals surface area contributed by atoms with Crippen molar-refractivity contribution in [2.75, 3.05) is 0 Å². The molecule has 4 fully saturated rings. The van der Waals surface area contributed by atoms with Crippen molar-refractivity contribution < 1.29 is 71.6 Å². The Kier molecular flexibility index (Phi) is 27.6. The molecule has 0 bridgehead atoms. The Morgan fingerprint density at radius 1 is 0.317 bits per heavy atom. The highest BCUT2D eigenvalue weighted by molar-refractivity contribution is 5.25. The third-order valence-electron chi connectivity index (χ3n) is 16.6. The van der Waals surface area contributed by atoms with Crippen LogP contribution in [0.4, 0.5) is 52.7 Å². The van der Waals surface area contributed by atoms with E-state index in [2.05, 4.69) is 66.6 Å². The van der Waals surface area contributed by atoms with Gasteiger partial charge in [-0.15, -0.1) is 52.7 Å². The van der Waals surface area contributed by atoms with Crippen molar-refractivity contribution >= 4 is 0 Å². The molecule has 0 radical (unpaired) electrons. The van der Waals surface area contributed by atoms with Crippen LogP contribution in [0.15, 0.2) is 73.3 Å². The van der Waals surface area contributed by atoms with E-state index in [0.717, 1.165) is 97.3 Å². The summed E-state index contributed by atoms with van der Waals surface area (Å²) in [6.07, 6.45) is 18.6. The first-order valence-corrected chi connectivity index (χ1v) is 29.8. The van der Waals surface area contributed by atoms with Crippen LogP contribution < -0.4 is 18.9 Å². The minimum atomic E-state index is -4.68. The molecule has 4 aromatic rings. The van der Waals surface area contributed by atoms with Gasteiger partial charge >= 0.3 is 25.4 Å². The van der Waals surface area contributed by atoms with Gasteiger partial charge in [0.15, 0.2) is 0 Å². The number of aromatic nitrogens is 4. The number of hydrogen-bond acceptors (Lipinski definition) is 8. The summed E-state index contributed by atoms with van der Waals surface area (Å²) in [5.41, 5.74) is 4.10. The Bertz CT molecular complexity index is 2320. The van der Waals surface area contributed by atoms with E-state index < -0.39 is 31.3 Å². The molecule has 0 aliphatic heterocycles. The van der Waals surface area contributed by atoms with Crippen molar-refractivity contribution in [2.45, 2.75) is 244 Å². The van der Waals surface area contributed by atoms with Crippen molar-refractivity contribution in [2.24, 2.45) is 23.7 Å². The van der Waals surface area contributed by atoms with Gasteiger partial charge in [0.1, 0.15) is 0 Å². The summed E-state index contributed by atoms with van der Waals surface area (Å²) < 4.78 is 160. The van der Waals surface area contributed by atoms with Crippen molar-refractivity contribution in [3.05, 3.63) is 95.6 Å². The van der Waals surface area contributed by atoms with Gasteiger partial charge in [0.25, 0.3) is 0 Å². The predicted molar refractivity (Wildman–Crippen MR) is 291 cm³/mol. The molecule has 0 amide bonds. The SMILES string of the molecule is CCC1CCC(c2ccc(OC(F)(F)F)nc2)CC1.CCCC1CCC(c2ccc(OC(F)(F)F)nc2)CC1.CCCCC1CCC(c2ccc(OC(F)(F)F)nc2)CC1.CCCCCC1CCC(c2ccc(OC(F)(F)F)nc2)CC1. The van der Waals surface area contributed by atoms with Crippen LogP contribution in [0.2, 0.25) is 0 Å². The van der Waals surface area contributed by atoms with Gasteiger partial charge in [0, 0.05) is 49.1 Å². The monoisotopic (exact) mass is 1180 g/mol. The third kappa shape index (κ3) is 26.3. The van der Waals surface area contributed by atoms with Crippen LogP contribution in [0.3, 0.4) is 0 Å². The van der Waals surface area contributed by atoms with E-state index >= 15 is 0 Å². The van der Waals surface area contributed by atoms with Crippen LogP contribution in [0.5, 0.6) is 23.5 Å². The number of nitrogens with zero attached hydrogens (tertiary/aromatic N) is 4. The first-order chi connectivity index (χ1) is 38.9. The molecule has 82 heavy (non-hydrogen) atoms. The Labute approximate surface area is 476 Å². The molecular weight excluding hydrogens is 1090 g/mol. The number of hydrogen-bond donors (Lipinski definition) is 0. The van der Waals surface area contributed by atoms with Gasteiger partial charge in [-0.25, -0.2) is 19.9 Å². The molecule has 8 nitrogen and oxygen atoms in total. The fraction of sp³-hybridized carbons (Fsp3) is 0.677. The average Bonchev–Trinajstić information content (AvgIpc) is 3.55. The van der Waals surface area contributed by atoms with Crippen LogP contribution in [0.25, 0.3) is 0 Å². The van der Waals surface area contributed by atoms with Crippen molar-refractivity contribution in [3.8, 4) is 23.5 Å². The lowest BCUT2D eigenvalue weighted by Gasteiger charge is -2.28. The molecule has 0 spiro atoms. The maximum absolute atomic E-state index is 12.1. The zero-order valence-electron chi connectivity index (χ0n) is 47.9. The zero-order valence-corrected chi connectivity index (χ0v) is 47.9. The van der Waals surface area contributed by atoms with Crippen LogP contribution in [0.1, 0.15) is 241 Å². The second-order valence-corrected chi connectivity index (χ2v) is 22.6. The van der Waals surface area contributed by atoms with Crippen LogP contribution in [-0.4, -0.2) is 45.4 Å². The Morgan fingerprint density at radius 3 is 0.793 bits per heavy atom. The number of pyridine rings is 4. The summed E-state index contributed by atoms with van der Waals surface area (Å²) in [4.78, 5) is 15.0. The van der Waals surface area contributed by atoms with Crippen LogP contribution in [-0.2, 0) is 0 Å². The smallest absolute Gasteiger partial charge is 0.388 e. The van der Waals surface area contributed by atoms with Crippen molar-refractivity contribution in [1.29, 1.82) is 0 Å². The van der Waals surface area contributed by atoms with Gasteiger partial charge in [-0.1, -0.05) is 116 Å². The standard InChI is InChI=1S/C17H24F3NO.C16H22F3NO.C15H20F3NO.C14H18F3NO/c1-2-3-4-5-13-6-8-14(9-7-13)15-10-11-16(21-12-15)22-17(18,19)20;1-2-3-4-12-5-7-13(8-6-12)14-9-10-15(20-11-14)21-16(17,18)19;1-2-3-11-4-6-12(7-5-11)13-8-9-14(19-10-13)20-15(16,17)18;1-2-10-3-5-11(6-4-10)12-7-8-13(18-9-12)19-14(15,16)17/h10-14H,2-9H2,1H3;9-13H,2-8H2,1H3;8-12H,2-7H2,1H3;7-11H,2-6H2,1H3. The molecule has 4 aliphatic carbocycles. The quantitative estimate of drug-likeness (QED) is 0.0719. The van der Waals surface area contributed by atoms with Gasteiger partial charge in [-0.2, -0.15) is 0 Å². The first-order valence-electron chi connectivity index (χ1n) is 29.8. The van der Waals surface area contributed by atoms with E-state index in [1.807, 2.05) is 0 Å². The number of alkyl halides is 12. The van der Waals surface area contributed by atoms with Gasteiger partial charge in [-0.3, -0.25) is 0 Å². The van der Waals surface area contributed by atoms with E-state index in [-0.39, 0.29) is 17.6 Å². The van der Waals surface area contributed by atoms with Crippen molar-refractivity contribution in [3.63, 3.8) is 0 Å². The second-order valence-electron chi connectivity index (χ2n) is 22.6. The van der Waals surface area contributed by atoms with Crippen molar-refractivity contribution in [1.82, 2.24) is 19.9 Å². The normalized spacial score (nSPS) is 23.3. The molecule has 20 heteroatoms. The van der Waals surface area contributed by atoms with E-state index in [0.29, 0.717) is 23.7 Å². The first kappa shape index (κ1) is 67.7. The number of unbranched alkanes of at least 4 members (excludes halogenated alkanes) is 3. The summed E-state index contributed by atoms with van der Waals surface area (Å²) in [7, 11) is 0. The molecular formula is C62H84F12N4O4. The highest BCUT2D eigenvalue weighted by Gasteiger charge is 2.35. The highest BCUT2D eigenvalue weighted by atomic mass is 19.4. The largest absolute Gasteiger partial charge is 0.574 e. The van der Waals surface area contributed by atoms with Gasteiger partial charge < -0.3 is 18.9 Å². The highest BCUT2D eigenvalue weighted by Crippen LogP contribution is 2.42. The molecule has 0 N–H and O–H groups in total. The molecule has 4 heterocycles. The summed E-state index contributed by atoms with van der Waals surface area (Å²) in [5, 5.41) is 0.